The van der Waals surface area contributed by atoms with Crippen LogP contribution in [0.15, 0.2) is 18.2 Å². The molecule has 1 aliphatic rings. The van der Waals surface area contributed by atoms with Gasteiger partial charge in [-0.2, -0.15) is 0 Å². The third-order valence-corrected chi connectivity index (χ3v) is 4.19. The number of nitrogens with one attached hydrogen (secondary N) is 1. The molecule has 0 bridgehead atoms. The fraction of sp³-hybridized carbons (Fsp3) is 0.600. The van der Waals surface area contributed by atoms with Crippen LogP contribution >= 0.6 is 0 Å². The van der Waals surface area contributed by atoms with Crippen molar-refractivity contribution in [2.45, 2.75) is 50.7 Å². The maximum Gasteiger partial charge on any atom is 0.129 e. The first-order valence-electron chi connectivity index (χ1n) is 7.16. The molecule has 1 fully saturated rings. The van der Waals surface area contributed by atoms with E-state index in [0.29, 0.717) is 6.61 Å². The molecule has 2 rings (SSSR count). The van der Waals surface area contributed by atoms with E-state index in [1.54, 1.807) is 0 Å². The van der Waals surface area contributed by atoms with E-state index in [1.807, 2.05) is 6.92 Å². The Morgan fingerprint density at radius 2 is 1.90 bits per heavy atom. The second-order valence-corrected chi connectivity index (χ2v) is 5.33. The van der Waals surface area contributed by atoms with Crippen molar-refractivity contribution in [3.8, 4) is 0 Å². The molecule has 3 nitrogen and oxygen atoms in total. The van der Waals surface area contributed by atoms with E-state index in [2.05, 4.69) is 5.43 Å². The molecule has 0 amide bonds. The number of ether oxygens (including phenoxy) is 1. The summed E-state index contributed by atoms with van der Waals surface area (Å²) >= 11 is 0. The lowest BCUT2D eigenvalue weighted by Gasteiger charge is -2.37. The largest absolute Gasteiger partial charge is 0.374 e. The van der Waals surface area contributed by atoms with Gasteiger partial charge in [-0.1, -0.05) is 18.9 Å². The van der Waals surface area contributed by atoms with E-state index < -0.39 is 17.2 Å². The maximum absolute atomic E-state index is 13.8. The maximum atomic E-state index is 13.8. The Hall–Kier alpha value is -1.04. The summed E-state index contributed by atoms with van der Waals surface area (Å²) in [5, 5.41) is 0. The monoisotopic (exact) mass is 284 g/mol. The molecule has 0 saturated heterocycles. The van der Waals surface area contributed by atoms with Gasteiger partial charge in [-0.05, 0) is 38.3 Å². The van der Waals surface area contributed by atoms with Gasteiger partial charge in [0.2, 0.25) is 0 Å². The quantitative estimate of drug-likeness (QED) is 0.623. The van der Waals surface area contributed by atoms with Crippen molar-refractivity contribution in [3.05, 3.63) is 35.4 Å². The van der Waals surface area contributed by atoms with Crippen molar-refractivity contribution in [1.82, 2.24) is 5.43 Å². The van der Waals surface area contributed by atoms with Gasteiger partial charge in [-0.3, -0.25) is 11.3 Å². The van der Waals surface area contributed by atoms with Crippen LogP contribution < -0.4 is 11.3 Å². The minimum Gasteiger partial charge on any atom is -0.374 e. The molecule has 0 radical (unpaired) electrons. The van der Waals surface area contributed by atoms with Gasteiger partial charge in [0.05, 0.1) is 11.6 Å². The van der Waals surface area contributed by atoms with Crippen LogP contribution in [0, 0.1) is 11.6 Å². The van der Waals surface area contributed by atoms with Gasteiger partial charge in [-0.15, -0.1) is 0 Å². The fourth-order valence-electron chi connectivity index (χ4n) is 3.18. The van der Waals surface area contributed by atoms with Gasteiger partial charge in [0.1, 0.15) is 11.6 Å². The van der Waals surface area contributed by atoms with E-state index in [0.717, 1.165) is 25.7 Å². The van der Waals surface area contributed by atoms with Crippen LogP contribution in [0.2, 0.25) is 0 Å². The van der Waals surface area contributed by atoms with Crippen LogP contribution in [0.5, 0.6) is 0 Å². The van der Waals surface area contributed by atoms with Crippen LogP contribution in [-0.2, 0) is 11.2 Å². The third-order valence-electron chi connectivity index (χ3n) is 4.19. The minimum absolute atomic E-state index is 0.0708. The number of hydrazine groups is 1. The van der Waals surface area contributed by atoms with Gasteiger partial charge in [-0.25, -0.2) is 8.78 Å². The minimum atomic E-state index is -0.533. The highest BCUT2D eigenvalue weighted by molar-refractivity contribution is 5.22. The molecule has 112 valence electrons. The van der Waals surface area contributed by atoms with E-state index in [9.17, 15) is 8.78 Å². The number of rotatable bonds is 6. The van der Waals surface area contributed by atoms with Crippen molar-refractivity contribution in [1.29, 1.82) is 0 Å². The Morgan fingerprint density at radius 1 is 1.30 bits per heavy atom. The van der Waals surface area contributed by atoms with Gasteiger partial charge in [0.15, 0.2) is 0 Å². The predicted molar refractivity (Wildman–Crippen MR) is 74.0 cm³/mol. The average molecular weight is 284 g/mol. The lowest BCUT2D eigenvalue weighted by atomic mass is 9.87. The molecular weight excluding hydrogens is 262 g/mol. The molecule has 20 heavy (non-hydrogen) atoms. The summed E-state index contributed by atoms with van der Waals surface area (Å²) in [6.07, 6.45) is 4.03. The number of hydrogen-bond donors (Lipinski definition) is 2. The summed E-state index contributed by atoms with van der Waals surface area (Å²) in [4.78, 5) is 0. The Balaban J connectivity index is 2.23. The molecule has 1 saturated carbocycles. The molecule has 3 N–H and O–H groups in total. The Morgan fingerprint density at radius 3 is 2.40 bits per heavy atom. The van der Waals surface area contributed by atoms with Gasteiger partial charge in [0, 0.05) is 12.2 Å². The molecule has 0 spiro atoms. The third kappa shape index (κ3) is 3.00. The SMILES string of the molecule is CCOC1(C(Cc2c(F)cccc2F)NN)CCCC1. The highest BCUT2D eigenvalue weighted by Crippen LogP contribution is 2.37. The fourth-order valence-corrected chi connectivity index (χ4v) is 3.18. The normalized spacial score (nSPS) is 19.2. The Labute approximate surface area is 118 Å². The number of halogens is 2. The highest BCUT2D eigenvalue weighted by atomic mass is 19.1. The molecular formula is C15H22F2N2O. The van der Waals surface area contributed by atoms with Crippen molar-refractivity contribution >= 4 is 0 Å². The molecule has 1 aromatic rings. The lowest BCUT2D eigenvalue weighted by Crippen LogP contribution is -2.55. The number of hydrogen-bond acceptors (Lipinski definition) is 3. The van der Waals surface area contributed by atoms with Crippen LogP contribution in [0.25, 0.3) is 0 Å². The van der Waals surface area contributed by atoms with Crippen LogP contribution in [-0.4, -0.2) is 18.2 Å². The van der Waals surface area contributed by atoms with Crippen molar-refractivity contribution in [2.75, 3.05) is 6.61 Å². The van der Waals surface area contributed by atoms with E-state index >= 15 is 0 Å². The summed E-state index contributed by atoms with van der Waals surface area (Å²) < 4.78 is 33.5. The number of benzene rings is 1. The Bertz CT molecular complexity index is 427. The van der Waals surface area contributed by atoms with E-state index in [-0.39, 0.29) is 18.0 Å². The second-order valence-electron chi connectivity index (χ2n) is 5.33. The molecule has 0 aromatic heterocycles. The van der Waals surface area contributed by atoms with Gasteiger partial charge in [0.25, 0.3) is 0 Å². The van der Waals surface area contributed by atoms with Crippen LogP contribution in [0.3, 0.4) is 0 Å². The van der Waals surface area contributed by atoms with E-state index in [1.165, 1.54) is 18.2 Å². The molecule has 1 atom stereocenters. The van der Waals surface area contributed by atoms with E-state index in [4.69, 9.17) is 10.6 Å². The van der Waals surface area contributed by atoms with Crippen molar-refractivity contribution in [2.24, 2.45) is 5.84 Å². The van der Waals surface area contributed by atoms with Gasteiger partial charge < -0.3 is 4.74 Å². The predicted octanol–water partition coefficient (Wildman–Crippen LogP) is 2.69. The average Bonchev–Trinajstić information content (AvgIpc) is 2.88. The van der Waals surface area contributed by atoms with Crippen LogP contribution in [0.1, 0.15) is 38.2 Å². The summed E-state index contributed by atoms with van der Waals surface area (Å²) in [7, 11) is 0. The molecule has 5 heteroatoms. The summed E-state index contributed by atoms with van der Waals surface area (Å²) in [5.41, 5.74) is 2.37. The standard InChI is InChI=1S/C15H22F2N2O/c1-2-20-15(8-3-4-9-15)14(19-18)10-11-12(16)6-5-7-13(11)17/h5-7,14,19H,2-4,8-10,18H2,1H3. The first-order chi connectivity index (χ1) is 9.63. The topological polar surface area (TPSA) is 47.3 Å². The second kappa shape index (κ2) is 6.61. The smallest absolute Gasteiger partial charge is 0.129 e. The lowest BCUT2D eigenvalue weighted by molar-refractivity contribution is -0.0616. The van der Waals surface area contributed by atoms with Crippen molar-refractivity contribution in [3.63, 3.8) is 0 Å². The molecule has 1 aliphatic carbocycles. The summed E-state index contributed by atoms with van der Waals surface area (Å²) in [6.45, 7) is 2.50. The van der Waals surface area contributed by atoms with Crippen LogP contribution in [0.4, 0.5) is 8.78 Å². The highest BCUT2D eigenvalue weighted by Gasteiger charge is 2.42. The number of nitrogens with two attached hydrogens (primary N) is 1. The molecule has 0 heterocycles. The first-order valence-corrected chi connectivity index (χ1v) is 7.16. The zero-order valence-electron chi connectivity index (χ0n) is 11.8. The Kier molecular flexibility index (Phi) is 5.07. The zero-order valence-corrected chi connectivity index (χ0v) is 11.8. The first kappa shape index (κ1) is 15.4. The van der Waals surface area contributed by atoms with Gasteiger partial charge >= 0.3 is 0 Å². The summed E-state index contributed by atoms with van der Waals surface area (Å²) in [6, 6.07) is 3.62. The zero-order chi connectivity index (χ0) is 14.6. The molecule has 1 unspecified atom stereocenters. The summed E-state index contributed by atoms with van der Waals surface area (Å²) in [5.74, 6) is 4.58. The molecule has 0 aliphatic heterocycles. The van der Waals surface area contributed by atoms with Crippen molar-refractivity contribution < 1.29 is 13.5 Å². The molecule has 1 aromatic carbocycles.